The van der Waals surface area contributed by atoms with Gasteiger partial charge in [-0.2, -0.15) is 5.11 Å². The van der Waals surface area contributed by atoms with Gasteiger partial charge in [0.2, 0.25) is 5.76 Å². The fourth-order valence-corrected chi connectivity index (χ4v) is 0.576. The molecule has 0 aromatic carbocycles. The minimum absolute atomic E-state index is 0.0879. The highest BCUT2D eigenvalue weighted by Crippen LogP contribution is 2.05. The average molecular weight is 156 g/mol. The van der Waals surface area contributed by atoms with Crippen molar-refractivity contribution in [1.82, 2.24) is 0 Å². The van der Waals surface area contributed by atoms with Crippen molar-refractivity contribution in [2.45, 2.75) is 6.92 Å². The lowest BCUT2D eigenvalue weighted by molar-refractivity contribution is -0.142. The highest BCUT2D eigenvalue weighted by atomic mass is 16.6. The minimum Gasteiger partial charge on any atom is -0.460 e. The van der Waals surface area contributed by atoms with E-state index in [1.807, 2.05) is 0 Å². The molecule has 0 aromatic rings. The summed E-state index contributed by atoms with van der Waals surface area (Å²) < 4.78 is 9.47. The molecular formula is C6H8N2O3. The first-order valence-corrected chi connectivity index (χ1v) is 3.21. The molecule has 1 heterocycles. The molecular weight excluding hydrogens is 148 g/mol. The van der Waals surface area contributed by atoms with Gasteiger partial charge in [0.25, 0.3) is 0 Å². The van der Waals surface area contributed by atoms with Crippen LogP contribution >= 0.6 is 0 Å². The normalized spacial score (nSPS) is 15.2. The molecule has 0 aliphatic carbocycles. The van der Waals surface area contributed by atoms with E-state index < -0.39 is 5.97 Å². The van der Waals surface area contributed by atoms with Crippen LogP contribution in [0, 0.1) is 0 Å². The molecule has 1 aliphatic heterocycles. The van der Waals surface area contributed by atoms with E-state index >= 15 is 0 Å². The molecule has 0 radical (unpaired) electrons. The Labute approximate surface area is 63.7 Å². The summed E-state index contributed by atoms with van der Waals surface area (Å²) in [5.74, 6) is -0.381. The van der Waals surface area contributed by atoms with Crippen molar-refractivity contribution < 1.29 is 14.3 Å². The van der Waals surface area contributed by atoms with E-state index in [4.69, 9.17) is 4.74 Å². The van der Waals surface area contributed by atoms with E-state index in [9.17, 15) is 4.79 Å². The van der Waals surface area contributed by atoms with E-state index in [1.165, 1.54) is 6.20 Å². The van der Waals surface area contributed by atoms with Crippen LogP contribution in [-0.2, 0) is 14.3 Å². The minimum atomic E-state index is -0.494. The van der Waals surface area contributed by atoms with E-state index in [1.54, 1.807) is 6.92 Å². The fourth-order valence-electron chi connectivity index (χ4n) is 0.576. The SMILES string of the molecule is CCOC(=O)C1=CN=NCO1. The van der Waals surface area contributed by atoms with E-state index in [0.29, 0.717) is 6.61 Å². The lowest BCUT2D eigenvalue weighted by atomic mass is 10.5. The molecule has 0 spiro atoms. The third-order valence-corrected chi connectivity index (χ3v) is 1.01. The zero-order chi connectivity index (χ0) is 8.10. The molecule has 60 valence electrons. The largest absolute Gasteiger partial charge is 0.460 e. The van der Waals surface area contributed by atoms with Crippen molar-refractivity contribution in [2.75, 3.05) is 13.3 Å². The predicted molar refractivity (Wildman–Crippen MR) is 35.5 cm³/mol. The quantitative estimate of drug-likeness (QED) is 0.556. The Morgan fingerprint density at radius 2 is 2.73 bits per heavy atom. The van der Waals surface area contributed by atoms with Gasteiger partial charge < -0.3 is 9.47 Å². The van der Waals surface area contributed by atoms with Crippen molar-refractivity contribution in [2.24, 2.45) is 10.2 Å². The first-order chi connectivity index (χ1) is 5.34. The van der Waals surface area contributed by atoms with Gasteiger partial charge in [-0.15, -0.1) is 5.11 Å². The second kappa shape index (κ2) is 3.70. The van der Waals surface area contributed by atoms with Crippen LogP contribution in [0.25, 0.3) is 0 Å². The van der Waals surface area contributed by atoms with Crippen LogP contribution in [0.15, 0.2) is 22.2 Å². The van der Waals surface area contributed by atoms with Crippen molar-refractivity contribution >= 4 is 5.97 Å². The molecule has 0 unspecified atom stereocenters. The molecule has 0 N–H and O–H groups in total. The first-order valence-electron chi connectivity index (χ1n) is 3.21. The van der Waals surface area contributed by atoms with Gasteiger partial charge in [0.15, 0.2) is 6.73 Å². The highest BCUT2D eigenvalue weighted by Gasteiger charge is 2.13. The van der Waals surface area contributed by atoms with Gasteiger partial charge in [0, 0.05) is 0 Å². The fraction of sp³-hybridized carbons (Fsp3) is 0.500. The number of carbonyl (C=O) groups is 1. The molecule has 0 aromatic heterocycles. The Hall–Kier alpha value is -1.39. The zero-order valence-corrected chi connectivity index (χ0v) is 6.11. The maximum atomic E-state index is 10.9. The summed E-state index contributed by atoms with van der Waals surface area (Å²) in [6, 6.07) is 0. The third-order valence-electron chi connectivity index (χ3n) is 1.01. The predicted octanol–water partition coefficient (Wildman–Crippen LogP) is 0.831. The number of ether oxygens (including phenoxy) is 2. The van der Waals surface area contributed by atoms with Crippen LogP contribution in [-0.4, -0.2) is 19.3 Å². The Morgan fingerprint density at radius 1 is 1.91 bits per heavy atom. The van der Waals surface area contributed by atoms with E-state index in [2.05, 4.69) is 15.0 Å². The molecule has 0 amide bonds. The molecule has 0 bridgehead atoms. The number of hydrogen-bond donors (Lipinski definition) is 0. The standard InChI is InChI=1S/C6H8N2O3/c1-2-10-6(9)5-3-7-8-4-11-5/h3H,2,4H2,1H3. The summed E-state index contributed by atoms with van der Waals surface area (Å²) in [5.41, 5.74) is 0. The van der Waals surface area contributed by atoms with Crippen LogP contribution < -0.4 is 0 Å². The lowest BCUT2D eigenvalue weighted by Crippen LogP contribution is -2.11. The number of azo groups is 1. The van der Waals surface area contributed by atoms with E-state index in [0.717, 1.165) is 0 Å². The number of nitrogens with zero attached hydrogens (tertiary/aromatic N) is 2. The van der Waals surface area contributed by atoms with Crippen molar-refractivity contribution in [3.63, 3.8) is 0 Å². The molecule has 0 saturated heterocycles. The summed E-state index contributed by atoms with van der Waals surface area (Å²) in [6.45, 7) is 2.14. The van der Waals surface area contributed by atoms with Crippen molar-refractivity contribution in [3.05, 3.63) is 12.0 Å². The molecule has 0 saturated carbocycles. The van der Waals surface area contributed by atoms with Gasteiger partial charge in [-0.1, -0.05) is 0 Å². The smallest absolute Gasteiger partial charge is 0.375 e. The Morgan fingerprint density at radius 3 is 3.27 bits per heavy atom. The molecule has 5 heteroatoms. The lowest BCUT2D eigenvalue weighted by Gasteiger charge is -2.07. The van der Waals surface area contributed by atoms with Crippen molar-refractivity contribution in [1.29, 1.82) is 0 Å². The second-order valence-electron chi connectivity index (χ2n) is 1.74. The van der Waals surface area contributed by atoms with Crippen LogP contribution in [0.5, 0.6) is 0 Å². The van der Waals surface area contributed by atoms with Crippen molar-refractivity contribution in [3.8, 4) is 0 Å². The number of rotatable bonds is 2. The molecule has 5 nitrogen and oxygen atoms in total. The first kappa shape index (κ1) is 7.71. The molecule has 1 rings (SSSR count). The topological polar surface area (TPSA) is 60.2 Å². The average Bonchev–Trinajstić information content (AvgIpc) is 2.07. The summed E-state index contributed by atoms with van der Waals surface area (Å²) in [7, 11) is 0. The number of carbonyl (C=O) groups excluding carboxylic acids is 1. The van der Waals surface area contributed by atoms with Crippen LogP contribution in [0.4, 0.5) is 0 Å². The maximum absolute atomic E-state index is 10.9. The Bertz CT molecular complexity index is 210. The molecule has 0 atom stereocenters. The number of hydrogen-bond acceptors (Lipinski definition) is 5. The van der Waals surface area contributed by atoms with Gasteiger partial charge in [-0.05, 0) is 6.92 Å². The van der Waals surface area contributed by atoms with Gasteiger partial charge in [-0.3, -0.25) is 0 Å². The summed E-state index contributed by atoms with van der Waals surface area (Å²) in [5, 5.41) is 6.99. The Kier molecular flexibility index (Phi) is 2.59. The zero-order valence-electron chi connectivity index (χ0n) is 6.11. The van der Waals surface area contributed by atoms with Gasteiger partial charge >= 0.3 is 5.97 Å². The van der Waals surface area contributed by atoms with Gasteiger partial charge in [0.05, 0.1) is 12.8 Å². The Balaban J connectivity index is 2.52. The summed E-state index contributed by atoms with van der Waals surface area (Å²) in [6.07, 6.45) is 1.24. The second-order valence-corrected chi connectivity index (χ2v) is 1.74. The highest BCUT2D eigenvalue weighted by molar-refractivity contribution is 5.86. The maximum Gasteiger partial charge on any atom is 0.375 e. The van der Waals surface area contributed by atoms with Gasteiger partial charge in [-0.25, -0.2) is 4.79 Å². The number of esters is 1. The summed E-state index contributed by atoms with van der Waals surface area (Å²) >= 11 is 0. The van der Waals surface area contributed by atoms with Crippen LogP contribution in [0.3, 0.4) is 0 Å². The van der Waals surface area contributed by atoms with Gasteiger partial charge in [0.1, 0.15) is 0 Å². The summed E-state index contributed by atoms with van der Waals surface area (Å²) in [4.78, 5) is 10.9. The van der Waals surface area contributed by atoms with Crippen LogP contribution in [0.1, 0.15) is 6.92 Å². The van der Waals surface area contributed by atoms with E-state index in [-0.39, 0.29) is 12.5 Å². The molecule has 0 fully saturated rings. The van der Waals surface area contributed by atoms with Crippen LogP contribution in [0.2, 0.25) is 0 Å². The third kappa shape index (κ3) is 2.03. The monoisotopic (exact) mass is 156 g/mol. The molecule has 1 aliphatic rings. The molecule has 11 heavy (non-hydrogen) atoms.